The van der Waals surface area contributed by atoms with Gasteiger partial charge in [0.05, 0.1) is 0 Å². The van der Waals surface area contributed by atoms with Crippen molar-refractivity contribution in [1.29, 1.82) is 0 Å². The molecule has 0 aromatic heterocycles. The third-order valence-corrected chi connectivity index (χ3v) is 3.59. The maximum Gasteiger partial charge on any atom is 0.220 e. The summed E-state index contributed by atoms with van der Waals surface area (Å²) in [6.07, 6.45) is 3.58. The molecule has 106 valence electrons. The lowest BCUT2D eigenvalue weighted by Gasteiger charge is -2.13. The maximum absolute atomic E-state index is 11.7. The second kappa shape index (κ2) is 8.94. The minimum atomic E-state index is 0.102. The van der Waals surface area contributed by atoms with Crippen molar-refractivity contribution in [3.63, 3.8) is 0 Å². The second-order valence-electron chi connectivity index (χ2n) is 4.79. The number of amides is 1. The average Bonchev–Trinajstić information content (AvgIpc) is 2.42. The lowest BCUT2D eigenvalue weighted by atomic mass is 9.96. The molecule has 1 aromatic rings. The van der Waals surface area contributed by atoms with E-state index in [2.05, 4.69) is 12.2 Å². The molecule has 19 heavy (non-hydrogen) atoms. The molecule has 1 atom stereocenters. The van der Waals surface area contributed by atoms with Gasteiger partial charge in [0.1, 0.15) is 0 Å². The molecule has 0 aliphatic carbocycles. The predicted octanol–water partition coefficient (Wildman–Crippen LogP) is 3.11. The van der Waals surface area contributed by atoms with E-state index in [1.807, 2.05) is 24.3 Å². The summed E-state index contributed by atoms with van der Waals surface area (Å²) in [4.78, 5) is 11.7. The Labute approximate surface area is 120 Å². The van der Waals surface area contributed by atoms with Crippen molar-refractivity contribution in [2.75, 3.05) is 6.54 Å². The van der Waals surface area contributed by atoms with Crippen LogP contribution in [0.5, 0.6) is 0 Å². The number of hydrogen-bond donors (Lipinski definition) is 2. The van der Waals surface area contributed by atoms with E-state index in [1.165, 1.54) is 0 Å². The topological polar surface area (TPSA) is 55.1 Å². The van der Waals surface area contributed by atoms with Crippen LogP contribution in [0, 0.1) is 5.92 Å². The van der Waals surface area contributed by atoms with Crippen molar-refractivity contribution in [3.05, 3.63) is 34.9 Å². The number of nitrogens with one attached hydrogen (secondary N) is 1. The molecule has 0 radical (unpaired) electrons. The maximum atomic E-state index is 11.7. The number of carbonyl (C=O) groups excluding carboxylic acids is 1. The molecule has 0 aliphatic heterocycles. The van der Waals surface area contributed by atoms with Crippen LogP contribution in [0.25, 0.3) is 0 Å². The zero-order valence-electron chi connectivity index (χ0n) is 11.5. The fourth-order valence-corrected chi connectivity index (χ4v) is 2.14. The van der Waals surface area contributed by atoms with E-state index >= 15 is 0 Å². The van der Waals surface area contributed by atoms with E-state index in [0.717, 1.165) is 24.8 Å². The van der Waals surface area contributed by atoms with Gasteiger partial charge in [0.25, 0.3) is 0 Å². The molecule has 1 aromatic carbocycles. The highest BCUT2D eigenvalue weighted by Gasteiger charge is 2.08. The monoisotopic (exact) mass is 282 g/mol. The van der Waals surface area contributed by atoms with E-state index in [1.54, 1.807) is 0 Å². The van der Waals surface area contributed by atoms with E-state index in [0.29, 0.717) is 30.5 Å². The van der Waals surface area contributed by atoms with Gasteiger partial charge in [-0.25, -0.2) is 0 Å². The molecule has 3 nitrogen and oxygen atoms in total. The number of rotatable bonds is 8. The standard InChI is InChI=1S/C15H23ClN2O/c1-2-12(9-10-17)5-8-15(19)18-11-13-3-6-14(16)7-4-13/h3-4,6-7,12H,2,5,8-11,17H2,1H3,(H,18,19). The molecule has 0 spiro atoms. The number of benzene rings is 1. The van der Waals surface area contributed by atoms with E-state index in [9.17, 15) is 4.79 Å². The molecule has 1 unspecified atom stereocenters. The van der Waals surface area contributed by atoms with Crippen molar-refractivity contribution in [2.24, 2.45) is 11.7 Å². The van der Waals surface area contributed by atoms with Crippen LogP contribution in [0.4, 0.5) is 0 Å². The molecule has 0 saturated heterocycles. The first-order chi connectivity index (χ1) is 9.15. The highest BCUT2D eigenvalue weighted by Crippen LogP contribution is 2.14. The number of nitrogens with two attached hydrogens (primary N) is 1. The van der Waals surface area contributed by atoms with Gasteiger partial charge in [-0.1, -0.05) is 37.1 Å². The van der Waals surface area contributed by atoms with E-state index in [-0.39, 0.29) is 5.91 Å². The molecular weight excluding hydrogens is 260 g/mol. The molecule has 0 saturated carbocycles. The van der Waals surface area contributed by atoms with Crippen molar-refractivity contribution in [2.45, 2.75) is 39.2 Å². The molecule has 0 aliphatic rings. The van der Waals surface area contributed by atoms with Gasteiger partial charge in [-0.2, -0.15) is 0 Å². The van der Waals surface area contributed by atoms with Crippen molar-refractivity contribution in [3.8, 4) is 0 Å². The number of halogens is 1. The summed E-state index contributed by atoms with van der Waals surface area (Å²) >= 11 is 5.81. The first-order valence-corrected chi connectivity index (χ1v) is 7.24. The SMILES string of the molecule is CCC(CCN)CCC(=O)NCc1ccc(Cl)cc1. The first-order valence-electron chi connectivity index (χ1n) is 6.87. The van der Waals surface area contributed by atoms with Crippen molar-refractivity contribution >= 4 is 17.5 Å². The molecule has 0 fully saturated rings. The smallest absolute Gasteiger partial charge is 0.220 e. The zero-order chi connectivity index (χ0) is 14.1. The molecule has 0 bridgehead atoms. The van der Waals surface area contributed by atoms with Crippen LogP contribution < -0.4 is 11.1 Å². The van der Waals surface area contributed by atoms with Gasteiger partial charge in [-0.05, 0) is 43.0 Å². The summed E-state index contributed by atoms with van der Waals surface area (Å²) < 4.78 is 0. The molecule has 3 N–H and O–H groups in total. The molecule has 1 amide bonds. The molecule has 4 heteroatoms. The van der Waals surface area contributed by atoms with Gasteiger partial charge in [-0.3, -0.25) is 4.79 Å². The largest absolute Gasteiger partial charge is 0.352 e. The van der Waals surface area contributed by atoms with Gasteiger partial charge >= 0.3 is 0 Å². The zero-order valence-corrected chi connectivity index (χ0v) is 12.2. The predicted molar refractivity (Wildman–Crippen MR) is 80.0 cm³/mol. The van der Waals surface area contributed by atoms with Crippen LogP contribution in [0.2, 0.25) is 5.02 Å². The Hall–Kier alpha value is -1.06. The lowest BCUT2D eigenvalue weighted by molar-refractivity contribution is -0.121. The Morgan fingerprint density at radius 1 is 1.32 bits per heavy atom. The van der Waals surface area contributed by atoms with Gasteiger partial charge in [0, 0.05) is 18.0 Å². The lowest BCUT2D eigenvalue weighted by Crippen LogP contribution is -2.23. The highest BCUT2D eigenvalue weighted by atomic mass is 35.5. The highest BCUT2D eigenvalue weighted by molar-refractivity contribution is 6.30. The van der Waals surface area contributed by atoms with Gasteiger partial charge in [-0.15, -0.1) is 0 Å². The van der Waals surface area contributed by atoms with Gasteiger partial charge < -0.3 is 11.1 Å². The van der Waals surface area contributed by atoms with Crippen LogP contribution >= 0.6 is 11.6 Å². The minimum absolute atomic E-state index is 0.102. The number of hydrogen-bond acceptors (Lipinski definition) is 2. The fraction of sp³-hybridized carbons (Fsp3) is 0.533. The Kier molecular flexibility index (Phi) is 7.53. The quantitative estimate of drug-likeness (QED) is 0.770. The molecule has 0 heterocycles. The van der Waals surface area contributed by atoms with Gasteiger partial charge in [0.15, 0.2) is 0 Å². The van der Waals surface area contributed by atoms with E-state index < -0.39 is 0 Å². The Balaban J connectivity index is 2.25. The first kappa shape index (κ1) is 16.0. The average molecular weight is 283 g/mol. The van der Waals surface area contributed by atoms with Crippen LogP contribution in [0.15, 0.2) is 24.3 Å². The second-order valence-corrected chi connectivity index (χ2v) is 5.23. The van der Waals surface area contributed by atoms with Crippen molar-refractivity contribution < 1.29 is 4.79 Å². The molecule has 1 rings (SSSR count). The van der Waals surface area contributed by atoms with Crippen LogP contribution in [-0.2, 0) is 11.3 Å². The van der Waals surface area contributed by atoms with Crippen LogP contribution in [0.1, 0.15) is 38.2 Å². The minimum Gasteiger partial charge on any atom is -0.352 e. The summed E-state index contributed by atoms with van der Waals surface area (Å²) in [5.74, 6) is 0.664. The summed E-state index contributed by atoms with van der Waals surface area (Å²) in [6, 6.07) is 7.51. The number of carbonyl (C=O) groups is 1. The molecular formula is C15H23ClN2O. The summed E-state index contributed by atoms with van der Waals surface area (Å²) in [5.41, 5.74) is 6.61. The third kappa shape index (κ3) is 6.60. The van der Waals surface area contributed by atoms with Crippen molar-refractivity contribution in [1.82, 2.24) is 5.32 Å². The Morgan fingerprint density at radius 3 is 2.58 bits per heavy atom. The van der Waals surface area contributed by atoms with Crippen LogP contribution in [0.3, 0.4) is 0 Å². The fourth-order valence-electron chi connectivity index (χ4n) is 2.01. The van der Waals surface area contributed by atoms with Gasteiger partial charge in [0.2, 0.25) is 5.91 Å². The summed E-state index contributed by atoms with van der Waals surface area (Å²) in [5, 5.41) is 3.64. The Morgan fingerprint density at radius 2 is 2.00 bits per heavy atom. The van der Waals surface area contributed by atoms with Crippen LogP contribution in [-0.4, -0.2) is 12.5 Å². The third-order valence-electron chi connectivity index (χ3n) is 3.33. The van der Waals surface area contributed by atoms with E-state index in [4.69, 9.17) is 17.3 Å². The normalized spacial score (nSPS) is 12.2. The summed E-state index contributed by atoms with van der Waals surface area (Å²) in [6.45, 7) is 3.40. The summed E-state index contributed by atoms with van der Waals surface area (Å²) in [7, 11) is 0. The Bertz CT molecular complexity index is 378.